The zero-order valence-corrected chi connectivity index (χ0v) is 14.5. The highest BCUT2D eigenvalue weighted by Crippen LogP contribution is 2.35. The molecule has 2 aromatic rings. The zero-order valence-electron chi connectivity index (χ0n) is 9.79. The maximum absolute atomic E-state index is 14.2. The number of rotatable bonds is 3. The highest BCUT2D eigenvalue weighted by molar-refractivity contribution is 9.10. The van der Waals surface area contributed by atoms with E-state index in [0.717, 1.165) is 4.47 Å². The number of halogens is 4. The monoisotopic (exact) mass is 437 g/mol. The van der Waals surface area contributed by atoms with Gasteiger partial charge in [0.25, 0.3) is 0 Å². The summed E-state index contributed by atoms with van der Waals surface area (Å²) in [7, 11) is 0. The molecule has 0 unspecified atom stereocenters. The molecule has 0 aliphatic heterocycles. The minimum Gasteiger partial charge on any atom is -0.453 e. The van der Waals surface area contributed by atoms with Crippen LogP contribution >= 0.6 is 55.7 Å². The van der Waals surface area contributed by atoms with Gasteiger partial charge in [0.2, 0.25) is 0 Å². The average molecular weight is 440 g/mol. The van der Waals surface area contributed by atoms with Crippen molar-refractivity contribution in [1.29, 1.82) is 0 Å². The van der Waals surface area contributed by atoms with Crippen LogP contribution in [-0.4, -0.2) is 4.99 Å². The molecule has 2 N–H and O–H groups in total. The minimum absolute atomic E-state index is 0.0288. The van der Waals surface area contributed by atoms with E-state index in [-0.39, 0.29) is 15.2 Å². The average Bonchev–Trinajstić information content (AvgIpc) is 2.37. The van der Waals surface area contributed by atoms with E-state index in [2.05, 4.69) is 31.9 Å². The summed E-state index contributed by atoms with van der Waals surface area (Å²) in [5.74, 6) is -0.209. The van der Waals surface area contributed by atoms with Gasteiger partial charge in [-0.05, 0) is 46.3 Å². The molecule has 0 saturated heterocycles. The van der Waals surface area contributed by atoms with Gasteiger partial charge in [0.1, 0.15) is 10.7 Å². The second kappa shape index (κ2) is 6.39. The van der Waals surface area contributed by atoms with Crippen LogP contribution in [0.1, 0.15) is 5.56 Å². The second-order valence-corrected chi connectivity index (χ2v) is 6.34. The molecule has 0 spiro atoms. The van der Waals surface area contributed by atoms with Crippen molar-refractivity contribution in [3.05, 3.63) is 55.7 Å². The first-order chi connectivity index (χ1) is 9.40. The standard InChI is InChI=1S/C13H7Br2ClFNOS/c14-6-1-3-9(8(16)5-6)19-10-4-2-7(13(18)20)11(15)12(10)17/h1-5H,(H2,18,20). The van der Waals surface area contributed by atoms with Crippen molar-refractivity contribution in [3.63, 3.8) is 0 Å². The van der Waals surface area contributed by atoms with Crippen LogP contribution in [0.4, 0.5) is 4.39 Å². The van der Waals surface area contributed by atoms with E-state index in [1.807, 2.05) is 0 Å². The lowest BCUT2D eigenvalue weighted by atomic mass is 10.2. The van der Waals surface area contributed by atoms with Gasteiger partial charge < -0.3 is 10.5 Å². The lowest BCUT2D eigenvalue weighted by Gasteiger charge is -2.11. The first-order valence-electron chi connectivity index (χ1n) is 5.31. The molecule has 20 heavy (non-hydrogen) atoms. The number of thiocarbonyl (C=S) groups is 1. The van der Waals surface area contributed by atoms with Gasteiger partial charge in [0.15, 0.2) is 11.6 Å². The van der Waals surface area contributed by atoms with Gasteiger partial charge in [-0.15, -0.1) is 0 Å². The Morgan fingerprint density at radius 2 is 1.85 bits per heavy atom. The minimum atomic E-state index is -0.589. The van der Waals surface area contributed by atoms with Gasteiger partial charge in [-0.3, -0.25) is 0 Å². The van der Waals surface area contributed by atoms with Crippen molar-refractivity contribution in [2.24, 2.45) is 5.73 Å². The molecule has 0 radical (unpaired) electrons. The first kappa shape index (κ1) is 15.7. The van der Waals surface area contributed by atoms with Crippen LogP contribution in [-0.2, 0) is 0 Å². The molecular weight excluding hydrogens is 432 g/mol. The van der Waals surface area contributed by atoms with Crippen molar-refractivity contribution < 1.29 is 9.13 Å². The number of benzene rings is 2. The first-order valence-corrected chi connectivity index (χ1v) is 7.68. The van der Waals surface area contributed by atoms with Crippen LogP contribution in [0, 0.1) is 5.82 Å². The molecule has 0 atom stereocenters. The van der Waals surface area contributed by atoms with Gasteiger partial charge >= 0.3 is 0 Å². The van der Waals surface area contributed by atoms with Gasteiger partial charge in [0, 0.05) is 10.0 Å². The Morgan fingerprint density at radius 1 is 1.20 bits per heavy atom. The topological polar surface area (TPSA) is 35.2 Å². The van der Waals surface area contributed by atoms with Gasteiger partial charge in [-0.25, -0.2) is 4.39 Å². The van der Waals surface area contributed by atoms with E-state index in [9.17, 15) is 4.39 Å². The molecule has 0 fully saturated rings. The zero-order chi connectivity index (χ0) is 14.9. The van der Waals surface area contributed by atoms with E-state index < -0.39 is 5.82 Å². The van der Waals surface area contributed by atoms with Crippen molar-refractivity contribution in [3.8, 4) is 11.5 Å². The van der Waals surface area contributed by atoms with Crippen LogP contribution < -0.4 is 10.5 Å². The van der Waals surface area contributed by atoms with E-state index in [4.69, 9.17) is 34.3 Å². The molecule has 0 bridgehead atoms. The SMILES string of the molecule is NC(=S)c1ccc(Oc2ccc(Br)cc2Cl)c(F)c1Br. The fourth-order valence-electron chi connectivity index (χ4n) is 1.48. The van der Waals surface area contributed by atoms with Gasteiger partial charge in [-0.1, -0.05) is 39.7 Å². The maximum atomic E-state index is 14.2. The molecule has 0 saturated carbocycles. The molecule has 2 aromatic carbocycles. The van der Waals surface area contributed by atoms with E-state index in [1.165, 1.54) is 6.07 Å². The summed E-state index contributed by atoms with van der Waals surface area (Å²) in [6, 6.07) is 8.08. The van der Waals surface area contributed by atoms with Crippen molar-refractivity contribution in [2.45, 2.75) is 0 Å². The molecular formula is C13H7Br2ClFNOS. The Morgan fingerprint density at radius 3 is 2.45 bits per heavy atom. The maximum Gasteiger partial charge on any atom is 0.180 e. The Labute approximate surface area is 142 Å². The molecule has 0 aromatic heterocycles. The van der Waals surface area contributed by atoms with Crippen LogP contribution in [0.3, 0.4) is 0 Å². The summed E-state index contributed by atoms with van der Waals surface area (Å²) in [5.41, 5.74) is 5.90. The molecule has 0 aliphatic carbocycles. The molecule has 104 valence electrons. The largest absolute Gasteiger partial charge is 0.453 e. The molecule has 0 amide bonds. The Hall–Kier alpha value is -0.690. The third-order valence-electron chi connectivity index (χ3n) is 2.43. The molecule has 0 heterocycles. The van der Waals surface area contributed by atoms with Crippen LogP contribution in [0.5, 0.6) is 11.5 Å². The van der Waals surface area contributed by atoms with Crippen molar-refractivity contribution >= 4 is 60.7 Å². The van der Waals surface area contributed by atoms with Crippen molar-refractivity contribution in [2.75, 3.05) is 0 Å². The number of hydrogen-bond donors (Lipinski definition) is 1. The predicted molar refractivity (Wildman–Crippen MR) is 89.2 cm³/mol. The summed E-state index contributed by atoms with van der Waals surface area (Å²) in [4.78, 5) is 0.101. The molecule has 2 nitrogen and oxygen atoms in total. The van der Waals surface area contributed by atoms with Gasteiger partial charge in [0.05, 0.1) is 9.50 Å². The van der Waals surface area contributed by atoms with E-state index in [0.29, 0.717) is 16.3 Å². The predicted octanol–water partition coefficient (Wildman–Crippen LogP) is 5.43. The van der Waals surface area contributed by atoms with Crippen LogP contribution in [0.2, 0.25) is 5.02 Å². The fourth-order valence-corrected chi connectivity index (χ4v) is 3.03. The summed E-state index contributed by atoms with van der Waals surface area (Å²) < 4.78 is 20.6. The Bertz CT molecular complexity index is 696. The molecule has 7 heteroatoms. The number of ether oxygens (including phenoxy) is 1. The fraction of sp³-hybridized carbons (Fsp3) is 0. The van der Waals surface area contributed by atoms with Crippen LogP contribution in [0.15, 0.2) is 39.3 Å². The second-order valence-electron chi connectivity index (χ2n) is 3.78. The summed E-state index contributed by atoms with van der Waals surface area (Å²) in [6.45, 7) is 0. The lowest BCUT2D eigenvalue weighted by Crippen LogP contribution is -2.11. The molecule has 2 rings (SSSR count). The summed E-state index contributed by atoms with van der Waals surface area (Å²) >= 11 is 17.3. The quantitative estimate of drug-likeness (QED) is 0.648. The Kier molecular flexibility index (Phi) is 5.01. The number of hydrogen-bond acceptors (Lipinski definition) is 2. The van der Waals surface area contributed by atoms with E-state index >= 15 is 0 Å². The van der Waals surface area contributed by atoms with Crippen LogP contribution in [0.25, 0.3) is 0 Å². The van der Waals surface area contributed by atoms with Crippen molar-refractivity contribution in [1.82, 2.24) is 0 Å². The Balaban J connectivity index is 2.39. The highest BCUT2D eigenvalue weighted by atomic mass is 79.9. The summed E-state index contributed by atoms with van der Waals surface area (Å²) in [6.07, 6.45) is 0. The highest BCUT2D eigenvalue weighted by Gasteiger charge is 2.15. The third-order valence-corrected chi connectivity index (χ3v) is 4.21. The normalized spacial score (nSPS) is 10.4. The number of nitrogens with two attached hydrogens (primary N) is 1. The third kappa shape index (κ3) is 3.31. The smallest absolute Gasteiger partial charge is 0.180 e. The van der Waals surface area contributed by atoms with E-state index in [1.54, 1.807) is 24.3 Å². The molecule has 0 aliphatic rings. The lowest BCUT2D eigenvalue weighted by molar-refractivity contribution is 0.440. The summed E-state index contributed by atoms with van der Waals surface area (Å²) in [5, 5.41) is 0.369. The van der Waals surface area contributed by atoms with Gasteiger partial charge in [-0.2, -0.15) is 0 Å².